The van der Waals surface area contributed by atoms with Crippen LogP contribution in [0.5, 0.6) is 0 Å². The third kappa shape index (κ3) is 6.06. The summed E-state index contributed by atoms with van der Waals surface area (Å²) in [4.78, 5) is 11.7. The molecule has 0 heterocycles. The molecule has 1 aliphatic carbocycles. The first kappa shape index (κ1) is 14.5. The number of amides is 1. The summed E-state index contributed by atoms with van der Waals surface area (Å²) in [5, 5.41) is 3.05. The second kappa shape index (κ2) is 7.00. The zero-order valence-electron chi connectivity index (χ0n) is 11.4. The van der Waals surface area contributed by atoms with Crippen LogP contribution in [0.3, 0.4) is 0 Å². The standard InChI is InChI=1S/C14H28N2O/c1-3-4-12(7-10-15)5-6-13(17)16-11-14(2)8-9-14/h12H,3-11,15H2,1-2H3,(H,16,17). The van der Waals surface area contributed by atoms with E-state index in [4.69, 9.17) is 5.73 Å². The van der Waals surface area contributed by atoms with Gasteiger partial charge >= 0.3 is 0 Å². The molecule has 0 aromatic rings. The molecule has 1 rings (SSSR count). The molecule has 0 spiro atoms. The minimum Gasteiger partial charge on any atom is -0.356 e. The molecule has 1 amide bonds. The van der Waals surface area contributed by atoms with Gasteiger partial charge in [-0.25, -0.2) is 0 Å². The topological polar surface area (TPSA) is 55.1 Å². The van der Waals surface area contributed by atoms with E-state index in [1.807, 2.05) is 0 Å². The highest BCUT2D eigenvalue weighted by molar-refractivity contribution is 5.75. The molecule has 1 aliphatic rings. The molecule has 3 N–H and O–H groups in total. The summed E-state index contributed by atoms with van der Waals surface area (Å²) in [5.41, 5.74) is 6.00. The van der Waals surface area contributed by atoms with Crippen molar-refractivity contribution in [2.45, 2.75) is 58.8 Å². The Hall–Kier alpha value is -0.570. The summed E-state index contributed by atoms with van der Waals surface area (Å²) in [5.74, 6) is 0.850. The third-order valence-corrected chi connectivity index (χ3v) is 3.87. The quantitative estimate of drug-likeness (QED) is 0.650. The lowest BCUT2D eigenvalue weighted by Gasteiger charge is -2.15. The lowest BCUT2D eigenvalue weighted by Crippen LogP contribution is -2.29. The van der Waals surface area contributed by atoms with Crippen LogP contribution < -0.4 is 11.1 Å². The maximum Gasteiger partial charge on any atom is 0.220 e. The van der Waals surface area contributed by atoms with Crippen LogP contribution in [0, 0.1) is 11.3 Å². The lowest BCUT2D eigenvalue weighted by molar-refractivity contribution is -0.121. The molecule has 1 saturated carbocycles. The Morgan fingerprint density at radius 2 is 2.06 bits per heavy atom. The predicted molar refractivity (Wildman–Crippen MR) is 71.7 cm³/mol. The van der Waals surface area contributed by atoms with Crippen molar-refractivity contribution in [3.05, 3.63) is 0 Å². The Kier molecular flexibility index (Phi) is 5.96. The van der Waals surface area contributed by atoms with Crippen LogP contribution in [0.1, 0.15) is 58.8 Å². The van der Waals surface area contributed by atoms with Crippen LogP contribution >= 0.6 is 0 Å². The zero-order valence-corrected chi connectivity index (χ0v) is 11.4. The fourth-order valence-electron chi connectivity index (χ4n) is 2.20. The van der Waals surface area contributed by atoms with E-state index in [0.717, 1.165) is 25.9 Å². The van der Waals surface area contributed by atoms with Crippen molar-refractivity contribution in [1.29, 1.82) is 0 Å². The number of hydrogen-bond acceptors (Lipinski definition) is 2. The molecule has 1 fully saturated rings. The van der Waals surface area contributed by atoms with Crippen molar-refractivity contribution in [2.75, 3.05) is 13.1 Å². The van der Waals surface area contributed by atoms with Gasteiger partial charge in [0.25, 0.3) is 0 Å². The van der Waals surface area contributed by atoms with Gasteiger partial charge in [0, 0.05) is 13.0 Å². The highest BCUT2D eigenvalue weighted by atomic mass is 16.1. The van der Waals surface area contributed by atoms with Gasteiger partial charge in [-0.3, -0.25) is 4.79 Å². The first-order valence-electron chi connectivity index (χ1n) is 7.06. The van der Waals surface area contributed by atoms with E-state index in [0.29, 0.717) is 17.8 Å². The minimum absolute atomic E-state index is 0.219. The van der Waals surface area contributed by atoms with E-state index >= 15 is 0 Å². The average molecular weight is 240 g/mol. The van der Waals surface area contributed by atoms with Crippen LogP contribution in [0.25, 0.3) is 0 Å². The smallest absolute Gasteiger partial charge is 0.220 e. The Morgan fingerprint density at radius 1 is 1.35 bits per heavy atom. The molecule has 0 aliphatic heterocycles. The fraction of sp³-hybridized carbons (Fsp3) is 0.929. The van der Waals surface area contributed by atoms with E-state index in [1.54, 1.807) is 0 Å². The van der Waals surface area contributed by atoms with Crippen molar-refractivity contribution in [1.82, 2.24) is 5.32 Å². The summed E-state index contributed by atoms with van der Waals surface area (Å²) in [6, 6.07) is 0. The first-order chi connectivity index (χ1) is 8.09. The van der Waals surface area contributed by atoms with Crippen molar-refractivity contribution < 1.29 is 4.79 Å². The maximum atomic E-state index is 11.7. The molecule has 0 aromatic heterocycles. The summed E-state index contributed by atoms with van der Waals surface area (Å²) in [6.07, 6.45) is 7.62. The summed E-state index contributed by atoms with van der Waals surface area (Å²) in [7, 11) is 0. The lowest BCUT2D eigenvalue weighted by atomic mass is 9.94. The Labute approximate surface area is 106 Å². The molecule has 0 saturated heterocycles. The highest BCUT2D eigenvalue weighted by Crippen LogP contribution is 2.44. The fourth-order valence-corrected chi connectivity index (χ4v) is 2.20. The van der Waals surface area contributed by atoms with Crippen LogP contribution in [-0.4, -0.2) is 19.0 Å². The van der Waals surface area contributed by atoms with Gasteiger partial charge in [0.05, 0.1) is 0 Å². The van der Waals surface area contributed by atoms with E-state index in [1.165, 1.54) is 25.7 Å². The van der Waals surface area contributed by atoms with E-state index < -0.39 is 0 Å². The Balaban J connectivity index is 2.11. The average Bonchev–Trinajstić information content (AvgIpc) is 3.03. The van der Waals surface area contributed by atoms with Crippen molar-refractivity contribution >= 4 is 5.91 Å². The normalized spacial score (nSPS) is 18.8. The van der Waals surface area contributed by atoms with Crippen LogP contribution in [0.4, 0.5) is 0 Å². The van der Waals surface area contributed by atoms with Crippen LogP contribution in [-0.2, 0) is 4.79 Å². The van der Waals surface area contributed by atoms with Crippen molar-refractivity contribution in [3.8, 4) is 0 Å². The molecule has 3 nitrogen and oxygen atoms in total. The zero-order chi connectivity index (χ0) is 12.7. The summed E-state index contributed by atoms with van der Waals surface area (Å²) >= 11 is 0. The number of carbonyl (C=O) groups is 1. The van der Waals surface area contributed by atoms with Gasteiger partial charge in [0.2, 0.25) is 5.91 Å². The predicted octanol–water partition coefficient (Wildman–Crippen LogP) is 2.45. The molecule has 0 aromatic carbocycles. The minimum atomic E-state index is 0.219. The number of nitrogens with two attached hydrogens (primary N) is 1. The molecular formula is C14H28N2O. The van der Waals surface area contributed by atoms with E-state index in [-0.39, 0.29) is 5.91 Å². The summed E-state index contributed by atoms with van der Waals surface area (Å²) < 4.78 is 0. The molecule has 0 radical (unpaired) electrons. The number of carbonyl (C=O) groups excluding carboxylic acids is 1. The third-order valence-electron chi connectivity index (χ3n) is 3.87. The Bertz CT molecular complexity index is 230. The van der Waals surface area contributed by atoms with Crippen molar-refractivity contribution in [3.63, 3.8) is 0 Å². The van der Waals surface area contributed by atoms with Gasteiger partial charge in [-0.2, -0.15) is 0 Å². The van der Waals surface area contributed by atoms with Crippen molar-refractivity contribution in [2.24, 2.45) is 17.1 Å². The maximum absolute atomic E-state index is 11.7. The van der Waals surface area contributed by atoms with Gasteiger partial charge in [0.15, 0.2) is 0 Å². The first-order valence-corrected chi connectivity index (χ1v) is 7.06. The molecule has 1 atom stereocenters. The molecule has 0 bridgehead atoms. The molecule has 100 valence electrons. The number of nitrogens with one attached hydrogen (secondary N) is 1. The summed E-state index contributed by atoms with van der Waals surface area (Å²) in [6.45, 7) is 6.03. The molecule has 1 unspecified atom stereocenters. The van der Waals surface area contributed by atoms with Gasteiger partial charge < -0.3 is 11.1 Å². The van der Waals surface area contributed by atoms with E-state index in [2.05, 4.69) is 19.2 Å². The van der Waals surface area contributed by atoms with E-state index in [9.17, 15) is 4.79 Å². The largest absolute Gasteiger partial charge is 0.356 e. The SMILES string of the molecule is CCCC(CCN)CCC(=O)NCC1(C)CC1. The van der Waals surface area contributed by atoms with Crippen LogP contribution in [0.15, 0.2) is 0 Å². The highest BCUT2D eigenvalue weighted by Gasteiger charge is 2.37. The monoisotopic (exact) mass is 240 g/mol. The molecule has 3 heteroatoms. The Morgan fingerprint density at radius 3 is 2.59 bits per heavy atom. The second-order valence-electron chi connectivity index (χ2n) is 5.86. The number of hydrogen-bond donors (Lipinski definition) is 2. The molecule has 17 heavy (non-hydrogen) atoms. The molecular weight excluding hydrogens is 212 g/mol. The van der Waals surface area contributed by atoms with Gasteiger partial charge in [-0.15, -0.1) is 0 Å². The van der Waals surface area contributed by atoms with Gasteiger partial charge in [-0.1, -0.05) is 26.7 Å². The second-order valence-corrected chi connectivity index (χ2v) is 5.86. The van der Waals surface area contributed by atoms with Crippen LogP contribution in [0.2, 0.25) is 0 Å². The van der Waals surface area contributed by atoms with Gasteiger partial charge in [-0.05, 0) is 43.6 Å². The van der Waals surface area contributed by atoms with Gasteiger partial charge in [0.1, 0.15) is 0 Å². The number of rotatable bonds is 9.